The molecule has 0 unspecified atom stereocenters. The number of hydrogen-bond donors (Lipinski definition) is 1. The summed E-state index contributed by atoms with van der Waals surface area (Å²) in [6, 6.07) is 5.87. The van der Waals surface area contributed by atoms with Gasteiger partial charge in [0, 0.05) is 12.6 Å². The fraction of sp³-hybridized carbons (Fsp3) is 0.182. The third kappa shape index (κ3) is 2.11. The van der Waals surface area contributed by atoms with Crippen LogP contribution in [-0.4, -0.2) is 17.4 Å². The van der Waals surface area contributed by atoms with Crippen LogP contribution in [0.15, 0.2) is 36.0 Å². The number of hydrogen-bond acceptors (Lipinski definition) is 2. The Labute approximate surface area is 94.8 Å². The summed E-state index contributed by atoms with van der Waals surface area (Å²) in [6.07, 6.45) is -4.00. The minimum absolute atomic E-state index is 0.00190. The number of carboxylic acid groups (broad SMARTS) is 1. The van der Waals surface area contributed by atoms with Gasteiger partial charge in [-0.3, -0.25) is 4.90 Å². The first-order chi connectivity index (χ1) is 7.89. The summed E-state index contributed by atoms with van der Waals surface area (Å²) in [6.45, 7) is 0. The van der Waals surface area contributed by atoms with Gasteiger partial charge in [0.1, 0.15) is 0 Å². The molecule has 0 aliphatic carbocycles. The van der Waals surface area contributed by atoms with E-state index in [0.717, 1.165) is 0 Å². The van der Waals surface area contributed by atoms with Gasteiger partial charge in [-0.2, -0.15) is 0 Å². The van der Waals surface area contributed by atoms with E-state index in [2.05, 4.69) is 0 Å². The SMILES string of the molecule is O=C(O)C1=CN(C(F)(F)F)c2ccccc2C1. The van der Waals surface area contributed by atoms with Crippen molar-refractivity contribution in [2.24, 2.45) is 0 Å². The molecule has 90 valence electrons. The fourth-order valence-electron chi connectivity index (χ4n) is 1.71. The Bertz CT molecular complexity index is 494. The van der Waals surface area contributed by atoms with E-state index in [-0.39, 0.29) is 22.6 Å². The van der Waals surface area contributed by atoms with E-state index in [1.807, 2.05) is 0 Å². The summed E-state index contributed by atoms with van der Waals surface area (Å²) >= 11 is 0. The zero-order valence-electron chi connectivity index (χ0n) is 8.53. The van der Waals surface area contributed by atoms with E-state index in [4.69, 9.17) is 5.11 Å². The largest absolute Gasteiger partial charge is 0.488 e. The lowest BCUT2D eigenvalue weighted by Gasteiger charge is -2.29. The van der Waals surface area contributed by atoms with Crippen molar-refractivity contribution in [3.8, 4) is 0 Å². The highest BCUT2D eigenvalue weighted by Crippen LogP contribution is 2.36. The molecule has 1 aromatic rings. The Morgan fingerprint density at radius 1 is 1.29 bits per heavy atom. The van der Waals surface area contributed by atoms with Crippen molar-refractivity contribution in [3.63, 3.8) is 0 Å². The number of alkyl halides is 3. The standard InChI is InChI=1S/C11H8F3NO2/c12-11(13,14)15-6-8(10(16)17)5-7-3-1-2-4-9(7)15/h1-4,6H,5H2,(H,16,17). The number of nitrogens with zero attached hydrogens (tertiary/aromatic N) is 1. The van der Waals surface area contributed by atoms with Gasteiger partial charge in [-0.1, -0.05) is 18.2 Å². The number of carboxylic acids is 1. The second kappa shape index (κ2) is 3.80. The second-order valence-corrected chi connectivity index (χ2v) is 3.60. The zero-order valence-corrected chi connectivity index (χ0v) is 8.53. The highest BCUT2D eigenvalue weighted by molar-refractivity contribution is 5.89. The molecular weight excluding hydrogens is 235 g/mol. The molecule has 1 aliphatic rings. The molecule has 0 aromatic heterocycles. The van der Waals surface area contributed by atoms with Gasteiger partial charge in [-0.15, -0.1) is 13.2 Å². The van der Waals surface area contributed by atoms with E-state index in [1.54, 1.807) is 6.07 Å². The lowest BCUT2D eigenvalue weighted by atomic mass is 10.00. The van der Waals surface area contributed by atoms with Crippen molar-refractivity contribution in [3.05, 3.63) is 41.6 Å². The molecule has 0 fully saturated rings. The number of benzene rings is 1. The number of rotatable bonds is 1. The number of anilines is 1. The predicted molar refractivity (Wildman–Crippen MR) is 54.4 cm³/mol. The van der Waals surface area contributed by atoms with E-state index in [0.29, 0.717) is 11.8 Å². The van der Waals surface area contributed by atoms with Gasteiger partial charge in [0.15, 0.2) is 0 Å². The van der Waals surface area contributed by atoms with Crippen LogP contribution in [0.2, 0.25) is 0 Å². The molecule has 0 saturated carbocycles. The number of fused-ring (bicyclic) bond motifs is 1. The molecule has 1 N–H and O–H groups in total. The Morgan fingerprint density at radius 2 is 1.94 bits per heavy atom. The average molecular weight is 243 g/mol. The van der Waals surface area contributed by atoms with Crippen molar-refractivity contribution in [2.45, 2.75) is 12.7 Å². The van der Waals surface area contributed by atoms with Crippen molar-refractivity contribution >= 4 is 11.7 Å². The Balaban J connectivity index is 2.53. The predicted octanol–water partition coefficient (Wildman–Crippen LogP) is 2.54. The summed E-state index contributed by atoms with van der Waals surface area (Å²) in [5.74, 6) is -1.34. The van der Waals surface area contributed by atoms with Crippen LogP contribution in [-0.2, 0) is 11.2 Å². The molecule has 0 radical (unpaired) electrons. The summed E-state index contributed by atoms with van der Waals surface area (Å²) in [4.78, 5) is 10.8. The first-order valence-electron chi connectivity index (χ1n) is 4.77. The number of carbonyl (C=O) groups is 1. The first kappa shape index (κ1) is 11.5. The highest BCUT2D eigenvalue weighted by atomic mass is 19.4. The fourth-order valence-corrected chi connectivity index (χ4v) is 1.71. The summed E-state index contributed by atoms with van der Waals surface area (Å²) < 4.78 is 38.2. The average Bonchev–Trinajstić information content (AvgIpc) is 2.26. The molecule has 0 spiro atoms. The van der Waals surface area contributed by atoms with Crippen LogP contribution >= 0.6 is 0 Å². The molecule has 3 nitrogen and oxygen atoms in total. The van der Waals surface area contributed by atoms with Gasteiger partial charge in [-0.05, 0) is 11.6 Å². The summed E-state index contributed by atoms with van der Waals surface area (Å²) in [7, 11) is 0. The molecule has 17 heavy (non-hydrogen) atoms. The van der Waals surface area contributed by atoms with Crippen molar-refractivity contribution < 1.29 is 23.1 Å². The maximum Gasteiger partial charge on any atom is 0.488 e. The van der Waals surface area contributed by atoms with Gasteiger partial charge in [0.05, 0.1) is 11.3 Å². The van der Waals surface area contributed by atoms with E-state index < -0.39 is 12.3 Å². The van der Waals surface area contributed by atoms with Crippen LogP contribution in [0.4, 0.5) is 18.9 Å². The molecule has 0 amide bonds. The van der Waals surface area contributed by atoms with Crippen molar-refractivity contribution in [2.75, 3.05) is 4.90 Å². The van der Waals surface area contributed by atoms with Crippen LogP contribution in [0.5, 0.6) is 0 Å². The summed E-state index contributed by atoms with van der Waals surface area (Å²) in [5.41, 5.74) is 0.0516. The van der Waals surface area contributed by atoms with Gasteiger partial charge in [0.2, 0.25) is 0 Å². The maximum absolute atomic E-state index is 12.7. The Hall–Kier alpha value is -1.98. The smallest absolute Gasteiger partial charge is 0.478 e. The molecule has 2 rings (SSSR count). The van der Waals surface area contributed by atoms with Crippen LogP contribution in [0.3, 0.4) is 0 Å². The van der Waals surface area contributed by atoms with Crippen LogP contribution in [0.1, 0.15) is 5.56 Å². The van der Waals surface area contributed by atoms with Crippen molar-refractivity contribution in [1.29, 1.82) is 0 Å². The topological polar surface area (TPSA) is 40.5 Å². The lowest BCUT2D eigenvalue weighted by Crippen LogP contribution is -2.36. The quantitative estimate of drug-likeness (QED) is 0.770. The lowest BCUT2D eigenvalue weighted by molar-refractivity contribution is -0.133. The van der Waals surface area contributed by atoms with Gasteiger partial charge in [-0.25, -0.2) is 4.79 Å². The minimum Gasteiger partial charge on any atom is -0.478 e. The monoisotopic (exact) mass is 243 g/mol. The van der Waals surface area contributed by atoms with E-state index in [1.165, 1.54) is 18.2 Å². The Morgan fingerprint density at radius 3 is 2.53 bits per heavy atom. The highest BCUT2D eigenvalue weighted by Gasteiger charge is 2.39. The molecular formula is C11H8F3NO2. The minimum atomic E-state index is -4.63. The van der Waals surface area contributed by atoms with Crippen molar-refractivity contribution in [1.82, 2.24) is 0 Å². The number of para-hydroxylation sites is 1. The molecule has 6 heteroatoms. The molecule has 1 heterocycles. The summed E-state index contributed by atoms with van der Waals surface area (Å²) in [5, 5.41) is 8.79. The molecule has 1 aliphatic heterocycles. The van der Waals surface area contributed by atoms with E-state index in [9.17, 15) is 18.0 Å². The molecule has 0 saturated heterocycles. The third-order valence-corrected chi connectivity index (χ3v) is 2.46. The molecule has 0 atom stereocenters. The number of halogens is 3. The van der Waals surface area contributed by atoms with Crippen LogP contribution in [0.25, 0.3) is 0 Å². The Kier molecular flexibility index (Phi) is 2.57. The van der Waals surface area contributed by atoms with Gasteiger partial charge < -0.3 is 5.11 Å². The first-order valence-corrected chi connectivity index (χ1v) is 4.77. The third-order valence-electron chi connectivity index (χ3n) is 2.46. The second-order valence-electron chi connectivity index (χ2n) is 3.60. The van der Waals surface area contributed by atoms with Gasteiger partial charge in [0.25, 0.3) is 0 Å². The molecule has 0 bridgehead atoms. The van der Waals surface area contributed by atoms with Crippen LogP contribution in [0, 0.1) is 0 Å². The normalized spacial score (nSPS) is 15.2. The van der Waals surface area contributed by atoms with Crippen LogP contribution < -0.4 is 4.90 Å². The molecule has 1 aromatic carbocycles. The zero-order chi connectivity index (χ0) is 12.6. The van der Waals surface area contributed by atoms with Gasteiger partial charge >= 0.3 is 12.3 Å². The van der Waals surface area contributed by atoms with E-state index >= 15 is 0 Å². The maximum atomic E-state index is 12.7. The number of aliphatic carboxylic acids is 1.